The number of piperidine rings is 1. The Morgan fingerprint density at radius 2 is 1.83 bits per heavy atom. The maximum Gasteiger partial charge on any atom is 0.245 e. The van der Waals surface area contributed by atoms with Crippen LogP contribution in [0.1, 0.15) is 24.5 Å². The van der Waals surface area contributed by atoms with Crippen LogP contribution in [0.25, 0.3) is 22.0 Å². The first-order chi connectivity index (χ1) is 14.6. The number of sulfonamides is 1. The molecule has 0 spiro atoms. The minimum absolute atomic E-state index is 0.0640. The third-order valence-electron chi connectivity index (χ3n) is 5.76. The quantitative estimate of drug-likeness (QED) is 0.539. The monoisotopic (exact) mass is 418 g/mol. The zero-order valence-corrected chi connectivity index (χ0v) is 17.2. The molecule has 1 N–H and O–H groups in total. The Morgan fingerprint density at radius 1 is 1.00 bits per heavy atom. The Balaban J connectivity index is 1.49. The van der Waals surface area contributed by atoms with Crippen LogP contribution in [0.4, 0.5) is 0 Å². The van der Waals surface area contributed by atoms with Crippen LogP contribution in [0, 0.1) is 0 Å². The summed E-state index contributed by atoms with van der Waals surface area (Å²) in [5.41, 5.74) is 3.64. The Morgan fingerprint density at radius 3 is 2.70 bits per heavy atom. The second kappa shape index (κ2) is 7.66. The summed E-state index contributed by atoms with van der Waals surface area (Å²) in [7, 11) is -3.65. The van der Waals surface area contributed by atoms with Crippen molar-refractivity contribution in [3.63, 3.8) is 0 Å². The predicted molar refractivity (Wildman–Crippen MR) is 117 cm³/mol. The number of nitrogens with zero attached hydrogens (tertiary/aromatic N) is 3. The minimum Gasteiger partial charge on any atom is -0.282 e. The van der Waals surface area contributed by atoms with Crippen LogP contribution in [0.2, 0.25) is 0 Å². The van der Waals surface area contributed by atoms with E-state index in [1.807, 2.05) is 54.7 Å². The Kier molecular flexibility index (Phi) is 4.84. The second-order valence-electron chi connectivity index (χ2n) is 7.60. The number of rotatable bonds is 4. The van der Waals surface area contributed by atoms with Gasteiger partial charge in [-0.1, -0.05) is 48.5 Å². The highest BCUT2D eigenvalue weighted by Gasteiger charge is 2.33. The van der Waals surface area contributed by atoms with Gasteiger partial charge in [-0.2, -0.15) is 9.40 Å². The fourth-order valence-corrected chi connectivity index (χ4v) is 5.96. The van der Waals surface area contributed by atoms with Crippen molar-refractivity contribution in [1.82, 2.24) is 19.5 Å². The van der Waals surface area contributed by atoms with E-state index in [1.165, 1.54) is 0 Å². The second-order valence-corrected chi connectivity index (χ2v) is 9.50. The molecule has 1 aliphatic heterocycles. The van der Waals surface area contributed by atoms with Crippen molar-refractivity contribution >= 4 is 20.9 Å². The third-order valence-corrected chi connectivity index (χ3v) is 7.66. The summed E-state index contributed by atoms with van der Waals surface area (Å²) in [6.07, 6.45) is 5.18. The number of H-pyrrole nitrogens is 1. The first kappa shape index (κ1) is 19.0. The number of pyridine rings is 1. The lowest BCUT2D eigenvalue weighted by Gasteiger charge is -2.32. The van der Waals surface area contributed by atoms with Gasteiger partial charge in [-0.15, -0.1) is 0 Å². The zero-order chi connectivity index (χ0) is 20.6. The molecule has 30 heavy (non-hydrogen) atoms. The summed E-state index contributed by atoms with van der Waals surface area (Å²) in [4.78, 5) is 4.62. The normalized spacial score (nSPS) is 17.9. The molecular formula is C23H22N4O2S. The maximum absolute atomic E-state index is 13.5. The molecule has 2 aromatic carbocycles. The highest BCUT2D eigenvalue weighted by molar-refractivity contribution is 7.89. The van der Waals surface area contributed by atoms with Crippen LogP contribution in [0.5, 0.6) is 0 Å². The lowest BCUT2D eigenvalue weighted by Crippen LogP contribution is -2.39. The molecule has 0 saturated carbocycles. The van der Waals surface area contributed by atoms with Crippen molar-refractivity contribution < 1.29 is 8.42 Å². The topological polar surface area (TPSA) is 79.0 Å². The van der Waals surface area contributed by atoms with E-state index >= 15 is 0 Å². The minimum atomic E-state index is -3.65. The van der Waals surface area contributed by atoms with Gasteiger partial charge in [0.1, 0.15) is 4.90 Å². The van der Waals surface area contributed by atoms with Crippen LogP contribution in [0.3, 0.4) is 0 Å². The standard InChI is InChI=1S/C23H22N4O2S/c28-30(29,21-12-4-9-18-10-5-13-24-23(18)21)27-14-6-11-19(16-27)22-20(15-25-26-22)17-7-2-1-3-8-17/h1-5,7-10,12-13,15,19H,6,11,14,16H2,(H,25,26)/t19-/m1/s1. The molecule has 1 saturated heterocycles. The van der Waals surface area contributed by atoms with E-state index in [0.717, 1.165) is 35.0 Å². The first-order valence-corrected chi connectivity index (χ1v) is 11.5. The third kappa shape index (κ3) is 3.30. The molecule has 4 aromatic rings. The first-order valence-electron chi connectivity index (χ1n) is 10.1. The van der Waals surface area contributed by atoms with E-state index in [0.29, 0.717) is 18.6 Å². The summed E-state index contributed by atoms with van der Waals surface area (Å²) in [5, 5.41) is 8.21. The predicted octanol–water partition coefficient (Wildman–Crippen LogP) is 4.19. The van der Waals surface area contributed by atoms with Crippen LogP contribution in [-0.4, -0.2) is 41.0 Å². The number of hydrogen-bond acceptors (Lipinski definition) is 4. The van der Waals surface area contributed by atoms with Gasteiger partial charge in [0.05, 0.1) is 11.7 Å². The van der Waals surface area contributed by atoms with Crippen molar-refractivity contribution in [3.05, 3.63) is 78.8 Å². The molecular weight excluding hydrogens is 396 g/mol. The van der Waals surface area contributed by atoms with Gasteiger partial charge in [-0.3, -0.25) is 10.1 Å². The van der Waals surface area contributed by atoms with E-state index in [2.05, 4.69) is 15.2 Å². The van der Waals surface area contributed by atoms with Gasteiger partial charge in [0.15, 0.2) is 0 Å². The van der Waals surface area contributed by atoms with Gasteiger partial charge in [0.25, 0.3) is 0 Å². The molecule has 3 heterocycles. The molecule has 0 aliphatic carbocycles. The molecule has 1 fully saturated rings. The fraction of sp³-hybridized carbons (Fsp3) is 0.217. The number of nitrogens with one attached hydrogen (secondary N) is 1. The SMILES string of the molecule is O=S(=O)(c1cccc2cccnc12)N1CCC[C@@H](c2[nH]ncc2-c2ccccc2)C1. The maximum atomic E-state index is 13.5. The van der Waals surface area contributed by atoms with E-state index in [4.69, 9.17) is 0 Å². The van der Waals surface area contributed by atoms with Gasteiger partial charge >= 0.3 is 0 Å². The number of benzene rings is 2. The highest BCUT2D eigenvalue weighted by atomic mass is 32.2. The molecule has 0 unspecified atom stereocenters. The highest BCUT2D eigenvalue weighted by Crippen LogP contribution is 2.35. The van der Waals surface area contributed by atoms with E-state index in [1.54, 1.807) is 22.6 Å². The van der Waals surface area contributed by atoms with Crippen molar-refractivity contribution in [2.75, 3.05) is 13.1 Å². The molecule has 152 valence electrons. The van der Waals surface area contributed by atoms with Crippen LogP contribution < -0.4 is 0 Å². The van der Waals surface area contributed by atoms with Crippen molar-refractivity contribution in [3.8, 4) is 11.1 Å². The number of para-hydroxylation sites is 1. The Bertz CT molecular complexity index is 1280. The number of aromatic amines is 1. The summed E-state index contributed by atoms with van der Waals surface area (Å²) >= 11 is 0. The molecule has 7 heteroatoms. The lowest BCUT2D eigenvalue weighted by molar-refractivity contribution is 0.313. The van der Waals surface area contributed by atoms with Crippen molar-refractivity contribution in [1.29, 1.82) is 0 Å². The average Bonchev–Trinajstić information content (AvgIpc) is 3.29. The van der Waals surface area contributed by atoms with Crippen LogP contribution in [-0.2, 0) is 10.0 Å². The van der Waals surface area contributed by atoms with Crippen molar-refractivity contribution in [2.24, 2.45) is 0 Å². The summed E-state index contributed by atoms with van der Waals surface area (Å²) in [6.45, 7) is 0.935. The molecule has 1 aliphatic rings. The molecule has 0 radical (unpaired) electrons. The van der Waals surface area contributed by atoms with Crippen LogP contribution in [0.15, 0.2) is 78.0 Å². The number of fused-ring (bicyclic) bond motifs is 1. The lowest BCUT2D eigenvalue weighted by atomic mass is 9.91. The van der Waals surface area contributed by atoms with E-state index in [-0.39, 0.29) is 10.8 Å². The largest absolute Gasteiger partial charge is 0.282 e. The zero-order valence-electron chi connectivity index (χ0n) is 16.4. The van der Waals surface area contributed by atoms with Gasteiger partial charge in [-0.25, -0.2) is 8.42 Å². The van der Waals surface area contributed by atoms with Gasteiger partial charge < -0.3 is 0 Å². The number of aromatic nitrogens is 3. The van der Waals surface area contributed by atoms with E-state index in [9.17, 15) is 8.42 Å². The van der Waals surface area contributed by atoms with Gasteiger partial charge in [0, 0.05) is 41.8 Å². The Labute approximate surface area is 175 Å². The Hall–Kier alpha value is -3.03. The van der Waals surface area contributed by atoms with Gasteiger partial charge in [-0.05, 0) is 30.5 Å². The average molecular weight is 419 g/mol. The van der Waals surface area contributed by atoms with Crippen LogP contribution >= 0.6 is 0 Å². The summed E-state index contributed by atoms with van der Waals surface area (Å²) < 4.78 is 28.7. The molecule has 0 bridgehead atoms. The molecule has 1 atom stereocenters. The van der Waals surface area contributed by atoms with Gasteiger partial charge in [0.2, 0.25) is 10.0 Å². The molecule has 6 nitrogen and oxygen atoms in total. The molecule has 5 rings (SSSR count). The molecule has 2 aromatic heterocycles. The summed E-state index contributed by atoms with van der Waals surface area (Å²) in [6, 6.07) is 19.1. The molecule has 0 amide bonds. The fourth-order valence-electron chi connectivity index (χ4n) is 4.27. The van der Waals surface area contributed by atoms with Crippen molar-refractivity contribution in [2.45, 2.75) is 23.7 Å². The van der Waals surface area contributed by atoms with E-state index < -0.39 is 10.0 Å². The number of hydrogen-bond donors (Lipinski definition) is 1. The summed E-state index contributed by atoms with van der Waals surface area (Å²) in [5.74, 6) is 0.0640. The smallest absolute Gasteiger partial charge is 0.245 e.